The molecular formula is C24H28N2O2. The SMILES string of the molecule is Cc1ccc(CC(=O)N2CCC(C(=O)N3CCc4ccccc4C3)CC2)cc1. The molecule has 1 saturated heterocycles. The van der Waals surface area contributed by atoms with Gasteiger partial charge in [-0.15, -0.1) is 0 Å². The van der Waals surface area contributed by atoms with E-state index in [1.165, 1.54) is 16.7 Å². The monoisotopic (exact) mass is 376 g/mol. The Balaban J connectivity index is 1.29. The fraction of sp³-hybridized carbons (Fsp3) is 0.417. The normalized spacial score (nSPS) is 17.3. The van der Waals surface area contributed by atoms with Crippen molar-refractivity contribution < 1.29 is 9.59 Å². The number of hydrogen-bond acceptors (Lipinski definition) is 2. The molecule has 0 aromatic heterocycles. The van der Waals surface area contributed by atoms with Gasteiger partial charge in [0.2, 0.25) is 11.8 Å². The lowest BCUT2D eigenvalue weighted by atomic mass is 9.92. The van der Waals surface area contributed by atoms with E-state index in [0.717, 1.165) is 37.9 Å². The van der Waals surface area contributed by atoms with E-state index < -0.39 is 0 Å². The van der Waals surface area contributed by atoms with Gasteiger partial charge in [0.1, 0.15) is 0 Å². The summed E-state index contributed by atoms with van der Waals surface area (Å²) in [6.07, 6.45) is 2.94. The van der Waals surface area contributed by atoms with Crippen molar-refractivity contribution in [3.05, 3.63) is 70.8 Å². The van der Waals surface area contributed by atoms with Crippen molar-refractivity contribution in [3.63, 3.8) is 0 Å². The molecule has 4 nitrogen and oxygen atoms in total. The third-order valence-electron chi connectivity index (χ3n) is 6.12. The van der Waals surface area contributed by atoms with Gasteiger partial charge in [-0.25, -0.2) is 0 Å². The summed E-state index contributed by atoms with van der Waals surface area (Å²) in [5.41, 5.74) is 4.90. The topological polar surface area (TPSA) is 40.6 Å². The van der Waals surface area contributed by atoms with Gasteiger partial charge in [0, 0.05) is 32.1 Å². The van der Waals surface area contributed by atoms with Gasteiger partial charge in [-0.05, 0) is 42.9 Å². The molecular weight excluding hydrogens is 348 g/mol. The van der Waals surface area contributed by atoms with E-state index in [9.17, 15) is 9.59 Å². The molecule has 4 rings (SSSR count). The van der Waals surface area contributed by atoms with E-state index in [-0.39, 0.29) is 17.7 Å². The number of hydrogen-bond donors (Lipinski definition) is 0. The molecule has 2 aliphatic rings. The van der Waals surface area contributed by atoms with Crippen molar-refractivity contribution >= 4 is 11.8 Å². The van der Waals surface area contributed by atoms with Crippen molar-refractivity contribution in [1.29, 1.82) is 0 Å². The van der Waals surface area contributed by atoms with Crippen LogP contribution in [0.3, 0.4) is 0 Å². The van der Waals surface area contributed by atoms with Gasteiger partial charge in [0.05, 0.1) is 6.42 Å². The van der Waals surface area contributed by atoms with Crippen molar-refractivity contribution in [2.45, 2.75) is 39.2 Å². The molecule has 1 fully saturated rings. The Morgan fingerprint density at radius 3 is 2.29 bits per heavy atom. The molecule has 0 spiro atoms. The molecule has 2 amide bonds. The van der Waals surface area contributed by atoms with Crippen LogP contribution in [0.15, 0.2) is 48.5 Å². The molecule has 0 saturated carbocycles. The largest absolute Gasteiger partial charge is 0.342 e. The zero-order chi connectivity index (χ0) is 19.5. The summed E-state index contributed by atoms with van der Waals surface area (Å²) in [4.78, 5) is 29.5. The van der Waals surface area contributed by atoms with Crippen LogP contribution in [0.1, 0.15) is 35.1 Å². The lowest BCUT2D eigenvalue weighted by Gasteiger charge is -2.36. The van der Waals surface area contributed by atoms with E-state index in [4.69, 9.17) is 0 Å². The van der Waals surface area contributed by atoms with E-state index in [2.05, 4.69) is 18.2 Å². The van der Waals surface area contributed by atoms with Crippen LogP contribution in [0.5, 0.6) is 0 Å². The highest BCUT2D eigenvalue weighted by atomic mass is 16.2. The smallest absolute Gasteiger partial charge is 0.226 e. The molecule has 2 aliphatic heterocycles. The molecule has 0 bridgehead atoms. The van der Waals surface area contributed by atoms with Crippen LogP contribution >= 0.6 is 0 Å². The van der Waals surface area contributed by atoms with Crippen LogP contribution < -0.4 is 0 Å². The Kier molecular flexibility index (Phi) is 5.47. The van der Waals surface area contributed by atoms with Gasteiger partial charge in [-0.1, -0.05) is 54.1 Å². The molecule has 0 aliphatic carbocycles. The summed E-state index contributed by atoms with van der Waals surface area (Å²) in [5, 5.41) is 0. The quantitative estimate of drug-likeness (QED) is 0.824. The molecule has 146 valence electrons. The Bertz CT molecular complexity index is 851. The number of piperidine rings is 1. The van der Waals surface area contributed by atoms with E-state index in [0.29, 0.717) is 19.5 Å². The molecule has 4 heteroatoms. The van der Waals surface area contributed by atoms with Crippen LogP contribution in [-0.2, 0) is 29.0 Å². The van der Waals surface area contributed by atoms with Gasteiger partial charge in [0.25, 0.3) is 0 Å². The Morgan fingerprint density at radius 2 is 1.57 bits per heavy atom. The summed E-state index contributed by atoms with van der Waals surface area (Å²) in [5.74, 6) is 0.482. The van der Waals surface area contributed by atoms with Crippen molar-refractivity contribution in [2.75, 3.05) is 19.6 Å². The highest BCUT2D eigenvalue weighted by molar-refractivity contribution is 5.81. The molecule has 0 N–H and O–H groups in total. The van der Waals surface area contributed by atoms with Crippen LogP contribution in [-0.4, -0.2) is 41.2 Å². The summed E-state index contributed by atoms with van der Waals surface area (Å²) in [7, 11) is 0. The standard InChI is InChI=1S/C24H28N2O2/c1-18-6-8-19(9-7-18)16-23(27)25-13-11-21(12-14-25)24(28)26-15-10-20-4-2-3-5-22(20)17-26/h2-9,21H,10-17H2,1H3. The molecule has 0 unspecified atom stereocenters. The van der Waals surface area contributed by atoms with Crippen LogP contribution in [0.25, 0.3) is 0 Å². The predicted octanol–water partition coefficient (Wildman–Crippen LogP) is 3.36. The first kappa shape index (κ1) is 18.7. The first-order chi connectivity index (χ1) is 13.6. The fourth-order valence-electron chi connectivity index (χ4n) is 4.31. The van der Waals surface area contributed by atoms with Crippen molar-refractivity contribution in [3.8, 4) is 0 Å². The zero-order valence-corrected chi connectivity index (χ0v) is 16.6. The molecule has 0 radical (unpaired) electrons. The minimum atomic E-state index is 0.0497. The second-order valence-electron chi connectivity index (χ2n) is 8.10. The third kappa shape index (κ3) is 4.11. The average molecular weight is 377 g/mol. The number of carbonyl (C=O) groups is 2. The maximum Gasteiger partial charge on any atom is 0.226 e. The van der Waals surface area contributed by atoms with Gasteiger partial charge in [-0.3, -0.25) is 9.59 Å². The minimum absolute atomic E-state index is 0.0497. The number of likely N-dealkylation sites (tertiary alicyclic amines) is 1. The Labute approximate surface area is 167 Å². The maximum absolute atomic E-state index is 13.0. The summed E-state index contributed by atoms with van der Waals surface area (Å²) in [6.45, 7) is 4.95. The molecule has 2 heterocycles. The molecule has 0 atom stereocenters. The minimum Gasteiger partial charge on any atom is -0.342 e. The maximum atomic E-state index is 13.0. The first-order valence-corrected chi connectivity index (χ1v) is 10.3. The van der Waals surface area contributed by atoms with Crippen molar-refractivity contribution in [2.24, 2.45) is 5.92 Å². The number of amides is 2. The number of rotatable bonds is 3. The third-order valence-corrected chi connectivity index (χ3v) is 6.12. The van der Waals surface area contributed by atoms with Gasteiger partial charge in [0.15, 0.2) is 0 Å². The van der Waals surface area contributed by atoms with Gasteiger partial charge < -0.3 is 9.80 Å². The second kappa shape index (κ2) is 8.17. The summed E-state index contributed by atoms with van der Waals surface area (Å²) < 4.78 is 0. The van der Waals surface area contributed by atoms with E-state index in [1.54, 1.807) is 0 Å². The number of carbonyl (C=O) groups excluding carboxylic acids is 2. The Hall–Kier alpha value is -2.62. The van der Waals surface area contributed by atoms with Gasteiger partial charge >= 0.3 is 0 Å². The fourth-order valence-corrected chi connectivity index (χ4v) is 4.31. The molecule has 2 aromatic carbocycles. The second-order valence-corrected chi connectivity index (χ2v) is 8.10. The van der Waals surface area contributed by atoms with E-state index in [1.807, 2.05) is 47.1 Å². The average Bonchev–Trinajstić information content (AvgIpc) is 2.74. The molecule has 2 aromatic rings. The van der Waals surface area contributed by atoms with Crippen LogP contribution in [0.4, 0.5) is 0 Å². The lowest BCUT2D eigenvalue weighted by Crippen LogP contribution is -2.46. The number of benzene rings is 2. The zero-order valence-electron chi connectivity index (χ0n) is 16.6. The van der Waals surface area contributed by atoms with Crippen molar-refractivity contribution in [1.82, 2.24) is 9.80 Å². The Morgan fingerprint density at radius 1 is 0.893 bits per heavy atom. The predicted molar refractivity (Wildman–Crippen MR) is 110 cm³/mol. The van der Waals surface area contributed by atoms with Crippen LogP contribution in [0, 0.1) is 12.8 Å². The summed E-state index contributed by atoms with van der Waals surface area (Å²) in [6, 6.07) is 16.5. The summed E-state index contributed by atoms with van der Waals surface area (Å²) >= 11 is 0. The number of aryl methyl sites for hydroxylation is 1. The molecule has 28 heavy (non-hydrogen) atoms. The number of nitrogens with zero attached hydrogens (tertiary/aromatic N) is 2. The highest BCUT2D eigenvalue weighted by Gasteiger charge is 2.31. The van der Waals surface area contributed by atoms with E-state index >= 15 is 0 Å². The highest BCUT2D eigenvalue weighted by Crippen LogP contribution is 2.25. The van der Waals surface area contributed by atoms with Gasteiger partial charge in [-0.2, -0.15) is 0 Å². The van der Waals surface area contributed by atoms with Crippen LogP contribution in [0.2, 0.25) is 0 Å². The first-order valence-electron chi connectivity index (χ1n) is 10.3. The lowest BCUT2D eigenvalue weighted by molar-refractivity contribution is -0.141. The number of fused-ring (bicyclic) bond motifs is 1.